The zero-order valence-corrected chi connectivity index (χ0v) is 10.6. The maximum absolute atomic E-state index is 10.9. The number of nitrogens with zero attached hydrogens (tertiary/aromatic N) is 1. The minimum atomic E-state index is -0.713. The third-order valence-electron chi connectivity index (χ3n) is 3.43. The molecule has 1 rings (SSSR count). The maximum Gasteiger partial charge on any atom is 0.309 e. The van der Waals surface area contributed by atoms with E-state index in [1.54, 1.807) is 13.8 Å². The van der Waals surface area contributed by atoms with E-state index < -0.39 is 11.4 Å². The summed E-state index contributed by atoms with van der Waals surface area (Å²) in [6.45, 7) is 7.71. The second kappa shape index (κ2) is 5.64. The van der Waals surface area contributed by atoms with Crippen LogP contribution in [0.1, 0.15) is 26.7 Å². The SMILES string of the molecule is CN1CCC(CNCCC(C)(C)C(=O)O)C1. The van der Waals surface area contributed by atoms with Gasteiger partial charge in [0.25, 0.3) is 0 Å². The Morgan fingerprint density at radius 3 is 2.75 bits per heavy atom. The molecule has 16 heavy (non-hydrogen) atoms. The van der Waals surface area contributed by atoms with Crippen LogP contribution in [0.2, 0.25) is 0 Å². The fourth-order valence-electron chi connectivity index (χ4n) is 2.01. The standard InChI is InChI=1S/C12H24N2O2/c1-12(2,11(15)16)5-6-13-8-10-4-7-14(3)9-10/h10,13H,4-9H2,1-3H3,(H,15,16). The molecule has 0 amide bonds. The van der Waals surface area contributed by atoms with E-state index in [-0.39, 0.29) is 0 Å². The third kappa shape index (κ3) is 4.10. The Kier molecular flexibility index (Phi) is 4.74. The Hall–Kier alpha value is -0.610. The molecule has 0 spiro atoms. The van der Waals surface area contributed by atoms with Crippen molar-refractivity contribution in [2.45, 2.75) is 26.7 Å². The van der Waals surface area contributed by atoms with Crippen molar-refractivity contribution < 1.29 is 9.90 Å². The van der Waals surface area contributed by atoms with Crippen molar-refractivity contribution in [1.29, 1.82) is 0 Å². The van der Waals surface area contributed by atoms with Crippen LogP contribution in [-0.2, 0) is 4.79 Å². The van der Waals surface area contributed by atoms with Gasteiger partial charge in [-0.3, -0.25) is 4.79 Å². The van der Waals surface area contributed by atoms with Gasteiger partial charge in [0.05, 0.1) is 5.41 Å². The molecule has 1 saturated heterocycles. The molecule has 1 fully saturated rings. The molecule has 1 atom stereocenters. The Morgan fingerprint density at radius 1 is 1.56 bits per heavy atom. The zero-order valence-electron chi connectivity index (χ0n) is 10.6. The van der Waals surface area contributed by atoms with Crippen LogP contribution in [0.4, 0.5) is 0 Å². The van der Waals surface area contributed by atoms with Gasteiger partial charge in [-0.2, -0.15) is 0 Å². The van der Waals surface area contributed by atoms with Crippen molar-refractivity contribution in [3.05, 3.63) is 0 Å². The fraction of sp³-hybridized carbons (Fsp3) is 0.917. The molecular weight excluding hydrogens is 204 g/mol. The first-order valence-corrected chi connectivity index (χ1v) is 6.04. The van der Waals surface area contributed by atoms with Crippen LogP contribution in [0, 0.1) is 11.3 Å². The molecule has 0 aliphatic carbocycles. The van der Waals surface area contributed by atoms with Gasteiger partial charge in [-0.15, -0.1) is 0 Å². The average molecular weight is 228 g/mol. The molecular formula is C12H24N2O2. The first-order chi connectivity index (χ1) is 7.42. The van der Waals surface area contributed by atoms with Crippen molar-refractivity contribution in [3.63, 3.8) is 0 Å². The molecule has 0 aromatic rings. The van der Waals surface area contributed by atoms with Crippen LogP contribution >= 0.6 is 0 Å². The predicted molar refractivity (Wildman–Crippen MR) is 64.5 cm³/mol. The molecule has 0 aromatic carbocycles. The molecule has 94 valence electrons. The molecule has 4 heteroatoms. The number of carboxylic acid groups (broad SMARTS) is 1. The summed E-state index contributed by atoms with van der Waals surface area (Å²) in [6, 6.07) is 0. The summed E-state index contributed by atoms with van der Waals surface area (Å²) in [7, 11) is 2.15. The minimum Gasteiger partial charge on any atom is -0.481 e. The highest BCUT2D eigenvalue weighted by atomic mass is 16.4. The lowest BCUT2D eigenvalue weighted by atomic mass is 9.89. The second-order valence-corrected chi connectivity index (χ2v) is 5.56. The van der Waals surface area contributed by atoms with Crippen molar-refractivity contribution in [3.8, 4) is 0 Å². The van der Waals surface area contributed by atoms with Crippen LogP contribution in [0.5, 0.6) is 0 Å². The normalized spacial score (nSPS) is 22.6. The van der Waals surface area contributed by atoms with Gasteiger partial charge in [0.1, 0.15) is 0 Å². The van der Waals surface area contributed by atoms with Crippen LogP contribution in [-0.4, -0.2) is 49.2 Å². The molecule has 1 aliphatic heterocycles. The van der Waals surface area contributed by atoms with E-state index >= 15 is 0 Å². The quantitative estimate of drug-likeness (QED) is 0.667. The van der Waals surface area contributed by atoms with E-state index in [4.69, 9.17) is 5.11 Å². The number of carbonyl (C=O) groups is 1. The lowest BCUT2D eigenvalue weighted by Gasteiger charge is -2.19. The number of hydrogen-bond donors (Lipinski definition) is 2. The zero-order chi connectivity index (χ0) is 12.2. The van der Waals surface area contributed by atoms with Gasteiger partial charge in [0.15, 0.2) is 0 Å². The van der Waals surface area contributed by atoms with E-state index in [0.29, 0.717) is 6.42 Å². The van der Waals surface area contributed by atoms with Crippen LogP contribution in [0.3, 0.4) is 0 Å². The molecule has 1 heterocycles. The molecule has 2 N–H and O–H groups in total. The maximum atomic E-state index is 10.9. The molecule has 0 saturated carbocycles. The Bertz CT molecular complexity index is 241. The first kappa shape index (κ1) is 13.5. The van der Waals surface area contributed by atoms with Crippen molar-refractivity contribution in [1.82, 2.24) is 10.2 Å². The summed E-state index contributed by atoms with van der Waals surface area (Å²) in [6.07, 6.45) is 1.94. The average Bonchev–Trinajstić information content (AvgIpc) is 2.59. The summed E-state index contributed by atoms with van der Waals surface area (Å²) < 4.78 is 0. The lowest BCUT2D eigenvalue weighted by Crippen LogP contribution is -2.31. The molecule has 0 bridgehead atoms. The fourth-order valence-corrected chi connectivity index (χ4v) is 2.01. The highest BCUT2D eigenvalue weighted by Crippen LogP contribution is 2.19. The molecule has 4 nitrogen and oxygen atoms in total. The summed E-state index contributed by atoms with van der Waals surface area (Å²) in [5.41, 5.74) is -0.612. The van der Waals surface area contributed by atoms with Gasteiger partial charge in [-0.25, -0.2) is 0 Å². The number of hydrogen-bond acceptors (Lipinski definition) is 3. The van der Waals surface area contributed by atoms with E-state index in [2.05, 4.69) is 17.3 Å². The highest BCUT2D eigenvalue weighted by molar-refractivity contribution is 5.73. The van der Waals surface area contributed by atoms with Gasteiger partial charge in [0, 0.05) is 6.54 Å². The number of aliphatic carboxylic acids is 1. The van der Waals surface area contributed by atoms with Gasteiger partial charge in [-0.05, 0) is 59.3 Å². The van der Waals surface area contributed by atoms with E-state index in [1.807, 2.05) is 0 Å². The monoisotopic (exact) mass is 228 g/mol. The summed E-state index contributed by atoms with van der Waals surface area (Å²) >= 11 is 0. The molecule has 0 radical (unpaired) electrons. The molecule has 1 unspecified atom stereocenters. The van der Waals surface area contributed by atoms with Crippen molar-refractivity contribution >= 4 is 5.97 Å². The summed E-state index contributed by atoms with van der Waals surface area (Å²) in [4.78, 5) is 13.2. The van der Waals surface area contributed by atoms with Crippen molar-refractivity contribution in [2.75, 3.05) is 33.2 Å². The summed E-state index contributed by atoms with van der Waals surface area (Å²) in [5.74, 6) is 0.0211. The number of carboxylic acids is 1. The number of likely N-dealkylation sites (tertiary alicyclic amines) is 1. The number of nitrogens with one attached hydrogen (secondary N) is 1. The number of rotatable bonds is 6. The van der Waals surface area contributed by atoms with Gasteiger partial charge < -0.3 is 15.3 Å². The van der Waals surface area contributed by atoms with Gasteiger partial charge in [-0.1, -0.05) is 0 Å². The summed E-state index contributed by atoms with van der Waals surface area (Å²) in [5, 5.41) is 12.3. The molecule has 1 aliphatic rings. The predicted octanol–water partition coefficient (Wildman–Crippen LogP) is 1.03. The van der Waals surface area contributed by atoms with E-state index in [0.717, 1.165) is 25.6 Å². The largest absolute Gasteiger partial charge is 0.481 e. The van der Waals surface area contributed by atoms with Crippen LogP contribution < -0.4 is 5.32 Å². The van der Waals surface area contributed by atoms with Gasteiger partial charge >= 0.3 is 5.97 Å². The third-order valence-corrected chi connectivity index (χ3v) is 3.43. The Balaban J connectivity index is 2.10. The van der Waals surface area contributed by atoms with Gasteiger partial charge in [0.2, 0.25) is 0 Å². The van der Waals surface area contributed by atoms with Crippen molar-refractivity contribution in [2.24, 2.45) is 11.3 Å². The Morgan fingerprint density at radius 2 is 2.25 bits per heavy atom. The first-order valence-electron chi connectivity index (χ1n) is 6.04. The lowest BCUT2D eigenvalue weighted by molar-refractivity contribution is -0.147. The smallest absolute Gasteiger partial charge is 0.309 e. The topological polar surface area (TPSA) is 52.6 Å². The van der Waals surface area contributed by atoms with E-state index in [9.17, 15) is 4.79 Å². The minimum absolute atomic E-state index is 0.612. The Labute approximate surface area is 98.0 Å². The van der Waals surface area contributed by atoms with Crippen LogP contribution in [0.25, 0.3) is 0 Å². The second-order valence-electron chi connectivity index (χ2n) is 5.56. The van der Waals surface area contributed by atoms with Crippen LogP contribution in [0.15, 0.2) is 0 Å². The molecule has 0 aromatic heterocycles. The van der Waals surface area contributed by atoms with E-state index in [1.165, 1.54) is 13.0 Å². The highest BCUT2D eigenvalue weighted by Gasteiger charge is 2.26.